The van der Waals surface area contributed by atoms with Crippen molar-refractivity contribution in [3.8, 4) is 0 Å². The van der Waals surface area contributed by atoms with Crippen LogP contribution in [0.1, 0.15) is 149 Å². The standard InChI is InChI=1S/C31H59NO3/c1-3-5-7-9-11-13-15-16-17-19-21-23-25-27-31(35)32-29(28-33)30(34)26-24-22-20-18-14-12-10-8-6-4-2/h20,22,24,26,29-30,33-34H,3-19,21,23,25,27-28H2,1-2H3,(H,32,35)/b22-20+,26-24+/t29-,30+/m0/s1. The first kappa shape index (κ1) is 33.9. The Bertz CT molecular complexity index is 503. The average Bonchev–Trinajstić information content (AvgIpc) is 2.86. The van der Waals surface area contributed by atoms with Gasteiger partial charge in [0.25, 0.3) is 0 Å². The van der Waals surface area contributed by atoms with E-state index in [9.17, 15) is 15.0 Å². The van der Waals surface area contributed by atoms with E-state index in [1.165, 1.54) is 109 Å². The molecule has 206 valence electrons. The summed E-state index contributed by atoms with van der Waals surface area (Å²) in [7, 11) is 0. The summed E-state index contributed by atoms with van der Waals surface area (Å²) in [6.45, 7) is 4.23. The summed E-state index contributed by atoms with van der Waals surface area (Å²) < 4.78 is 0. The molecule has 0 aliphatic carbocycles. The molecule has 4 heteroatoms. The number of hydrogen-bond donors (Lipinski definition) is 3. The van der Waals surface area contributed by atoms with Crippen molar-refractivity contribution in [3.05, 3.63) is 24.3 Å². The molecule has 3 N–H and O–H groups in total. The van der Waals surface area contributed by atoms with Gasteiger partial charge in [-0.1, -0.05) is 147 Å². The maximum Gasteiger partial charge on any atom is 0.220 e. The zero-order valence-corrected chi connectivity index (χ0v) is 23.3. The molecule has 0 aromatic heterocycles. The van der Waals surface area contributed by atoms with Crippen LogP contribution < -0.4 is 5.32 Å². The monoisotopic (exact) mass is 493 g/mol. The lowest BCUT2D eigenvalue weighted by Gasteiger charge is -2.19. The van der Waals surface area contributed by atoms with Crippen molar-refractivity contribution in [2.45, 2.75) is 161 Å². The highest BCUT2D eigenvalue weighted by Crippen LogP contribution is 2.13. The van der Waals surface area contributed by atoms with Gasteiger partial charge in [0.05, 0.1) is 18.8 Å². The highest BCUT2D eigenvalue weighted by molar-refractivity contribution is 5.76. The quantitative estimate of drug-likeness (QED) is 0.0840. The van der Waals surface area contributed by atoms with E-state index < -0.39 is 12.1 Å². The molecule has 0 saturated carbocycles. The van der Waals surface area contributed by atoms with Crippen LogP contribution in [0.15, 0.2) is 24.3 Å². The van der Waals surface area contributed by atoms with Gasteiger partial charge >= 0.3 is 0 Å². The van der Waals surface area contributed by atoms with Gasteiger partial charge in [-0.25, -0.2) is 0 Å². The van der Waals surface area contributed by atoms with Crippen LogP contribution in [0.25, 0.3) is 0 Å². The van der Waals surface area contributed by atoms with Crippen molar-refractivity contribution >= 4 is 5.91 Å². The first-order chi connectivity index (χ1) is 17.2. The summed E-state index contributed by atoms with van der Waals surface area (Å²) in [4.78, 5) is 12.2. The van der Waals surface area contributed by atoms with Crippen LogP contribution >= 0.6 is 0 Å². The molecule has 0 aliphatic rings. The van der Waals surface area contributed by atoms with E-state index in [1.54, 1.807) is 6.08 Å². The second kappa shape index (κ2) is 27.5. The molecule has 0 aromatic rings. The van der Waals surface area contributed by atoms with E-state index >= 15 is 0 Å². The number of amides is 1. The Hall–Kier alpha value is -1.13. The summed E-state index contributed by atoms with van der Waals surface area (Å²) in [5.74, 6) is -0.0850. The van der Waals surface area contributed by atoms with Gasteiger partial charge in [-0.3, -0.25) is 4.79 Å². The molecule has 0 fully saturated rings. The van der Waals surface area contributed by atoms with Crippen molar-refractivity contribution in [3.63, 3.8) is 0 Å². The van der Waals surface area contributed by atoms with Gasteiger partial charge in [-0.2, -0.15) is 0 Å². The Balaban J connectivity index is 3.73. The Morgan fingerprint density at radius 1 is 0.686 bits per heavy atom. The number of allylic oxidation sites excluding steroid dienone is 3. The van der Waals surface area contributed by atoms with E-state index in [2.05, 4.69) is 25.2 Å². The van der Waals surface area contributed by atoms with Crippen molar-refractivity contribution in [1.82, 2.24) is 5.32 Å². The van der Waals surface area contributed by atoms with E-state index in [0.717, 1.165) is 19.3 Å². The van der Waals surface area contributed by atoms with E-state index in [1.807, 2.05) is 12.2 Å². The molecule has 0 saturated heterocycles. The van der Waals surface area contributed by atoms with Crippen LogP contribution in [0, 0.1) is 0 Å². The minimum Gasteiger partial charge on any atom is -0.394 e. The van der Waals surface area contributed by atoms with Gasteiger partial charge < -0.3 is 15.5 Å². The molecular formula is C31H59NO3. The number of aliphatic hydroxyl groups is 2. The molecule has 0 radical (unpaired) electrons. The molecule has 0 aromatic carbocycles. The minimum atomic E-state index is -0.880. The summed E-state index contributed by atoms with van der Waals surface area (Å²) in [5, 5.41) is 22.6. The molecule has 0 heterocycles. The largest absolute Gasteiger partial charge is 0.394 e. The number of nitrogens with one attached hydrogen (secondary N) is 1. The number of unbranched alkanes of at least 4 members (excludes halogenated alkanes) is 18. The van der Waals surface area contributed by atoms with Crippen molar-refractivity contribution in [2.75, 3.05) is 6.61 Å². The van der Waals surface area contributed by atoms with Gasteiger partial charge in [0, 0.05) is 6.42 Å². The highest BCUT2D eigenvalue weighted by atomic mass is 16.3. The van der Waals surface area contributed by atoms with E-state index in [4.69, 9.17) is 0 Å². The number of aliphatic hydroxyl groups excluding tert-OH is 2. The van der Waals surface area contributed by atoms with Crippen LogP contribution in [-0.2, 0) is 4.79 Å². The second-order valence-electron chi connectivity index (χ2n) is 10.2. The molecule has 2 atom stereocenters. The van der Waals surface area contributed by atoms with Gasteiger partial charge in [0.1, 0.15) is 0 Å². The zero-order valence-electron chi connectivity index (χ0n) is 23.3. The lowest BCUT2D eigenvalue weighted by molar-refractivity contribution is -0.123. The van der Waals surface area contributed by atoms with Gasteiger partial charge in [0.2, 0.25) is 5.91 Å². The first-order valence-electron chi connectivity index (χ1n) is 15.1. The summed E-state index contributed by atoms with van der Waals surface area (Å²) >= 11 is 0. The first-order valence-corrected chi connectivity index (χ1v) is 15.1. The minimum absolute atomic E-state index is 0.0850. The smallest absolute Gasteiger partial charge is 0.220 e. The summed E-state index contributed by atoms with van der Waals surface area (Å²) in [6.07, 6.45) is 32.5. The average molecular weight is 494 g/mol. The SMILES string of the molecule is CCCCCCCC/C=C/C=C/[C@@H](O)[C@H](CO)NC(=O)CCCCCCCCCCCCCCC. The maximum atomic E-state index is 12.2. The Labute approximate surface area is 218 Å². The fourth-order valence-electron chi connectivity index (χ4n) is 4.35. The molecule has 1 amide bonds. The predicted molar refractivity (Wildman–Crippen MR) is 152 cm³/mol. The molecule has 0 spiro atoms. The molecule has 0 rings (SSSR count). The topological polar surface area (TPSA) is 69.6 Å². The molecule has 0 bridgehead atoms. The fraction of sp³-hybridized carbons (Fsp3) is 0.839. The Morgan fingerprint density at radius 2 is 1.14 bits per heavy atom. The lowest BCUT2D eigenvalue weighted by Crippen LogP contribution is -2.45. The third-order valence-corrected chi connectivity index (χ3v) is 6.74. The maximum absolute atomic E-state index is 12.2. The Kier molecular flexibility index (Phi) is 26.6. The molecule has 0 unspecified atom stereocenters. The third kappa shape index (κ3) is 24.3. The number of carbonyl (C=O) groups is 1. The van der Waals surface area contributed by atoms with Crippen LogP contribution in [-0.4, -0.2) is 34.9 Å². The van der Waals surface area contributed by atoms with Gasteiger partial charge in [-0.05, 0) is 19.3 Å². The van der Waals surface area contributed by atoms with Gasteiger partial charge in [-0.15, -0.1) is 0 Å². The fourth-order valence-corrected chi connectivity index (χ4v) is 4.35. The second-order valence-corrected chi connectivity index (χ2v) is 10.2. The number of rotatable bonds is 26. The molecule has 0 aliphatic heterocycles. The van der Waals surface area contributed by atoms with E-state index in [0.29, 0.717) is 6.42 Å². The van der Waals surface area contributed by atoms with Crippen LogP contribution in [0.2, 0.25) is 0 Å². The number of carbonyl (C=O) groups excluding carboxylic acids is 1. The molecular weight excluding hydrogens is 434 g/mol. The van der Waals surface area contributed by atoms with Crippen molar-refractivity contribution < 1.29 is 15.0 Å². The molecule has 4 nitrogen and oxygen atoms in total. The van der Waals surface area contributed by atoms with Crippen LogP contribution in [0.3, 0.4) is 0 Å². The van der Waals surface area contributed by atoms with Crippen LogP contribution in [0.4, 0.5) is 0 Å². The predicted octanol–water partition coefficient (Wildman–Crippen LogP) is 8.17. The van der Waals surface area contributed by atoms with E-state index in [-0.39, 0.29) is 12.5 Å². The zero-order chi connectivity index (χ0) is 25.8. The summed E-state index contributed by atoms with van der Waals surface area (Å²) in [6, 6.07) is -0.646. The van der Waals surface area contributed by atoms with Crippen LogP contribution in [0.5, 0.6) is 0 Å². The van der Waals surface area contributed by atoms with Crippen molar-refractivity contribution in [2.24, 2.45) is 0 Å². The highest BCUT2D eigenvalue weighted by Gasteiger charge is 2.17. The normalized spacial score (nSPS) is 13.6. The third-order valence-electron chi connectivity index (χ3n) is 6.74. The lowest BCUT2D eigenvalue weighted by atomic mass is 10.0. The number of hydrogen-bond acceptors (Lipinski definition) is 3. The Morgan fingerprint density at radius 3 is 1.63 bits per heavy atom. The van der Waals surface area contributed by atoms with Gasteiger partial charge in [0.15, 0.2) is 0 Å². The van der Waals surface area contributed by atoms with Crippen molar-refractivity contribution in [1.29, 1.82) is 0 Å². The summed E-state index contributed by atoms with van der Waals surface area (Å²) in [5.41, 5.74) is 0. The molecule has 35 heavy (non-hydrogen) atoms.